The third-order valence-electron chi connectivity index (χ3n) is 4.37. The Labute approximate surface area is 114 Å². The van der Waals surface area contributed by atoms with Gasteiger partial charge in [0.2, 0.25) is 0 Å². The third kappa shape index (κ3) is 2.78. The van der Waals surface area contributed by atoms with E-state index >= 15 is 0 Å². The van der Waals surface area contributed by atoms with Gasteiger partial charge in [0.25, 0.3) is 0 Å². The van der Waals surface area contributed by atoms with Gasteiger partial charge in [0.1, 0.15) is 5.82 Å². The largest absolute Gasteiger partial charge is 0.302 e. The Morgan fingerprint density at radius 1 is 1.32 bits per heavy atom. The van der Waals surface area contributed by atoms with E-state index in [4.69, 9.17) is 5.84 Å². The fourth-order valence-corrected chi connectivity index (χ4v) is 3.31. The van der Waals surface area contributed by atoms with E-state index in [9.17, 15) is 4.39 Å². The molecule has 1 atom stereocenters. The zero-order valence-electron chi connectivity index (χ0n) is 11.7. The van der Waals surface area contributed by atoms with Gasteiger partial charge in [0.05, 0.1) is 12.2 Å². The van der Waals surface area contributed by atoms with Crippen molar-refractivity contribution in [3.63, 3.8) is 0 Å². The summed E-state index contributed by atoms with van der Waals surface area (Å²) in [5.41, 5.74) is 3.64. The first kappa shape index (κ1) is 14.4. The maximum atomic E-state index is 13.4. The van der Waals surface area contributed by atoms with Crippen LogP contribution in [0.4, 0.5) is 4.39 Å². The SMILES string of the molecule is CN(C)C1(C(NN)c2cncc(F)c2)CCCCC1. The van der Waals surface area contributed by atoms with Gasteiger partial charge in [0, 0.05) is 11.7 Å². The number of aromatic nitrogens is 1. The Balaban J connectivity index is 2.37. The molecule has 4 nitrogen and oxygen atoms in total. The summed E-state index contributed by atoms with van der Waals surface area (Å²) in [4.78, 5) is 6.17. The molecule has 0 amide bonds. The second kappa shape index (κ2) is 5.94. The molecule has 0 radical (unpaired) electrons. The number of rotatable bonds is 4. The third-order valence-corrected chi connectivity index (χ3v) is 4.37. The number of hydrogen-bond acceptors (Lipinski definition) is 4. The van der Waals surface area contributed by atoms with Crippen LogP contribution in [-0.2, 0) is 0 Å². The number of pyridine rings is 1. The van der Waals surface area contributed by atoms with E-state index in [1.807, 2.05) is 0 Å². The molecule has 1 unspecified atom stereocenters. The van der Waals surface area contributed by atoms with E-state index < -0.39 is 0 Å². The highest BCUT2D eigenvalue weighted by atomic mass is 19.1. The highest BCUT2D eigenvalue weighted by molar-refractivity contribution is 5.21. The van der Waals surface area contributed by atoms with Gasteiger partial charge in [-0.1, -0.05) is 19.3 Å². The fraction of sp³-hybridized carbons (Fsp3) is 0.643. The van der Waals surface area contributed by atoms with Gasteiger partial charge in [-0.25, -0.2) is 4.39 Å². The molecular weight excluding hydrogens is 243 g/mol. The zero-order chi connectivity index (χ0) is 13.9. The summed E-state index contributed by atoms with van der Waals surface area (Å²) < 4.78 is 13.4. The minimum Gasteiger partial charge on any atom is -0.302 e. The van der Waals surface area contributed by atoms with E-state index in [1.54, 1.807) is 6.20 Å². The molecule has 0 saturated heterocycles. The summed E-state index contributed by atoms with van der Waals surface area (Å²) in [6, 6.07) is 1.42. The number of likely N-dealkylation sites (N-methyl/N-ethyl adjacent to an activating group) is 1. The first-order chi connectivity index (χ1) is 9.10. The summed E-state index contributed by atoms with van der Waals surface area (Å²) in [6.07, 6.45) is 8.66. The Hall–Kier alpha value is -1.04. The normalized spacial score (nSPS) is 20.5. The van der Waals surface area contributed by atoms with E-state index in [2.05, 4.69) is 29.4 Å². The Morgan fingerprint density at radius 2 is 2.00 bits per heavy atom. The smallest absolute Gasteiger partial charge is 0.141 e. The molecule has 3 N–H and O–H groups in total. The highest BCUT2D eigenvalue weighted by Crippen LogP contribution is 2.41. The minimum atomic E-state index is -0.317. The lowest BCUT2D eigenvalue weighted by Crippen LogP contribution is -2.56. The van der Waals surface area contributed by atoms with E-state index in [-0.39, 0.29) is 17.4 Å². The van der Waals surface area contributed by atoms with Gasteiger partial charge in [-0.2, -0.15) is 0 Å². The van der Waals surface area contributed by atoms with Crippen molar-refractivity contribution in [3.05, 3.63) is 29.8 Å². The molecule has 1 heterocycles. The Morgan fingerprint density at radius 3 is 2.53 bits per heavy atom. The van der Waals surface area contributed by atoms with Gasteiger partial charge in [-0.3, -0.25) is 16.3 Å². The van der Waals surface area contributed by atoms with Crippen molar-refractivity contribution in [3.8, 4) is 0 Å². The summed E-state index contributed by atoms with van der Waals surface area (Å²) in [6.45, 7) is 0. The molecule has 0 aromatic carbocycles. The molecule has 1 aliphatic carbocycles. The van der Waals surface area contributed by atoms with Crippen molar-refractivity contribution in [2.24, 2.45) is 5.84 Å². The molecule has 1 aromatic rings. The van der Waals surface area contributed by atoms with Crippen molar-refractivity contribution in [2.75, 3.05) is 14.1 Å². The molecule has 1 aromatic heterocycles. The molecule has 0 spiro atoms. The van der Waals surface area contributed by atoms with E-state index in [0.717, 1.165) is 18.4 Å². The van der Waals surface area contributed by atoms with Gasteiger partial charge in [0.15, 0.2) is 0 Å². The summed E-state index contributed by atoms with van der Waals surface area (Å²) in [7, 11) is 4.14. The van der Waals surface area contributed by atoms with Gasteiger partial charge in [-0.15, -0.1) is 0 Å². The van der Waals surface area contributed by atoms with Crippen LogP contribution in [0.1, 0.15) is 43.7 Å². The molecule has 19 heavy (non-hydrogen) atoms. The van der Waals surface area contributed by atoms with Gasteiger partial charge < -0.3 is 4.90 Å². The molecule has 2 rings (SSSR count). The summed E-state index contributed by atoms with van der Waals surface area (Å²) in [5.74, 6) is 5.46. The van der Waals surface area contributed by atoms with E-state index in [1.165, 1.54) is 31.5 Å². The predicted octanol–water partition coefficient (Wildman–Crippen LogP) is 1.99. The number of nitrogens with two attached hydrogens (primary N) is 1. The fourth-order valence-electron chi connectivity index (χ4n) is 3.31. The number of nitrogens with one attached hydrogen (secondary N) is 1. The van der Waals surface area contributed by atoms with Gasteiger partial charge in [-0.05, 0) is 38.6 Å². The van der Waals surface area contributed by atoms with Gasteiger partial charge >= 0.3 is 0 Å². The molecule has 5 heteroatoms. The lowest BCUT2D eigenvalue weighted by atomic mass is 9.73. The van der Waals surface area contributed by atoms with Crippen LogP contribution in [0.5, 0.6) is 0 Å². The van der Waals surface area contributed by atoms with Crippen LogP contribution < -0.4 is 11.3 Å². The minimum absolute atomic E-state index is 0.0670. The molecule has 0 aliphatic heterocycles. The average Bonchev–Trinajstić information content (AvgIpc) is 2.40. The van der Waals surface area contributed by atoms with Crippen LogP contribution >= 0.6 is 0 Å². The second-order valence-electron chi connectivity index (χ2n) is 5.59. The molecule has 0 bridgehead atoms. The predicted molar refractivity (Wildman–Crippen MR) is 73.8 cm³/mol. The number of halogens is 1. The number of hydrogen-bond donors (Lipinski definition) is 2. The average molecular weight is 266 g/mol. The maximum Gasteiger partial charge on any atom is 0.141 e. The Kier molecular flexibility index (Phi) is 4.50. The standard InChI is InChI=1S/C14H23FN4/c1-19(2)14(6-4-3-5-7-14)13(18-16)11-8-12(15)10-17-9-11/h8-10,13,18H,3-7,16H2,1-2H3. The number of nitrogens with zero attached hydrogens (tertiary/aromatic N) is 2. The quantitative estimate of drug-likeness (QED) is 0.646. The molecular formula is C14H23FN4. The highest BCUT2D eigenvalue weighted by Gasteiger charge is 2.42. The van der Waals surface area contributed by atoms with Crippen molar-refractivity contribution in [1.29, 1.82) is 0 Å². The van der Waals surface area contributed by atoms with Crippen LogP contribution in [0.3, 0.4) is 0 Å². The molecule has 1 saturated carbocycles. The second-order valence-corrected chi connectivity index (χ2v) is 5.59. The number of hydrazine groups is 1. The lowest BCUT2D eigenvalue weighted by molar-refractivity contribution is 0.0562. The topological polar surface area (TPSA) is 54.2 Å². The molecule has 1 aliphatic rings. The van der Waals surface area contributed by atoms with Crippen LogP contribution in [0.15, 0.2) is 18.5 Å². The Bertz CT molecular complexity index is 416. The van der Waals surface area contributed by atoms with Crippen LogP contribution in [0.2, 0.25) is 0 Å². The lowest BCUT2D eigenvalue weighted by Gasteiger charge is -2.48. The monoisotopic (exact) mass is 266 g/mol. The van der Waals surface area contributed by atoms with Crippen LogP contribution in [0, 0.1) is 5.82 Å². The van der Waals surface area contributed by atoms with Crippen molar-refractivity contribution < 1.29 is 4.39 Å². The van der Waals surface area contributed by atoms with Crippen molar-refractivity contribution in [1.82, 2.24) is 15.3 Å². The van der Waals surface area contributed by atoms with Crippen molar-refractivity contribution in [2.45, 2.75) is 43.7 Å². The zero-order valence-corrected chi connectivity index (χ0v) is 11.7. The molecule has 106 valence electrons. The first-order valence-corrected chi connectivity index (χ1v) is 6.84. The summed E-state index contributed by atoms with van der Waals surface area (Å²) in [5, 5.41) is 0. The van der Waals surface area contributed by atoms with Crippen LogP contribution in [0.25, 0.3) is 0 Å². The van der Waals surface area contributed by atoms with E-state index in [0.29, 0.717) is 0 Å². The maximum absolute atomic E-state index is 13.4. The van der Waals surface area contributed by atoms with Crippen LogP contribution in [-0.4, -0.2) is 29.5 Å². The first-order valence-electron chi connectivity index (χ1n) is 6.84. The molecule has 1 fully saturated rings. The summed E-state index contributed by atoms with van der Waals surface area (Å²) >= 11 is 0. The van der Waals surface area contributed by atoms with Crippen molar-refractivity contribution >= 4 is 0 Å².